The van der Waals surface area contributed by atoms with Gasteiger partial charge in [-0.1, -0.05) is 65.7 Å². The first kappa shape index (κ1) is 32.1. The standard InChI is InChI=1S/C30H26Cl2N4O4.Na.H/c1-40-23-15-11-21(12-16-23)19-36(30-33-17-4-18-34-30)22-13-9-20(10-14-22)5-2-8-26(29(38)39)35-28(37)27-24(31)6-3-7-25(27)32;;/h2-7,9-18,26H,8,19H2,1H3,(H,35,37)(H,38,39);;/q;+1;-1/b5-2+;;. The monoisotopic (exact) mass is 600 g/mol. The van der Waals surface area contributed by atoms with Crippen LogP contribution in [0.2, 0.25) is 10.0 Å². The summed E-state index contributed by atoms with van der Waals surface area (Å²) >= 11 is 12.2. The fourth-order valence-electron chi connectivity index (χ4n) is 3.89. The zero-order valence-corrected chi connectivity index (χ0v) is 26.0. The van der Waals surface area contributed by atoms with Gasteiger partial charge in [0.05, 0.1) is 29.3 Å². The number of rotatable bonds is 11. The number of aliphatic carboxylic acids is 1. The maximum Gasteiger partial charge on any atom is 1.00 e. The van der Waals surface area contributed by atoms with Gasteiger partial charge in [0.15, 0.2) is 0 Å². The molecule has 0 aliphatic carbocycles. The molecule has 0 aliphatic rings. The molecular weight excluding hydrogens is 574 g/mol. The Labute approximate surface area is 271 Å². The van der Waals surface area contributed by atoms with Crippen molar-refractivity contribution in [2.45, 2.75) is 19.0 Å². The number of carbonyl (C=O) groups excluding carboxylic acids is 1. The van der Waals surface area contributed by atoms with Crippen LogP contribution in [0.5, 0.6) is 5.75 Å². The first-order chi connectivity index (χ1) is 19.4. The van der Waals surface area contributed by atoms with Gasteiger partial charge in [-0.15, -0.1) is 0 Å². The summed E-state index contributed by atoms with van der Waals surface area (Å²) in [5.41, 5.74) is 2.83. The van der Waals surface area contributed by atoms with Crippen molar-refractivity contribution in [2.24, 2.45) is 0 Å². The normalized spacial score (nSPS) is 11.4. The maximum atomic E-state index is 12.6. The summed E-state index contributed by atoms with van der Waals surface area (Å²) in [5, 5.41) is 12.4. The third kappa shape index (κ3) is 8.79. The number of amides is 1. The van der Waals surface area contributed by atoms with Gasteiger partial charge < -0.3 is 21.5 Å². The number of carbonyl (C=O) groups is 2. The number of anilines is 2. The quantitative estimate of drug-likeness (QED) is 0.254. The van der Waals surface area contributed by atoms with E-state index in [1.807, 2.05) is 53.4 Å². The predicted octanol–water partition coefficient (Wildman–Crippen LogP) is 3.53. The van der Waals surface area contributed by atoms with Crippen LogP contribution in [0.3, 0.4) is 0 Å². The molecule has 8 nitrogen and oxygen atoms in total. The average Bonchev–Trinajstić information content (AvgIpc) is 2.96. The minimum absolute atomic E-state index is 0. The summed E-state index contributed by atoms with van der Waals surface area (Å²) in [4.78, 5) is 35.2. The van der Waals surface area contributed by atoms with Gasteiger partial charge >= 0.3 is 35.5 Å². The van der Waals surface area contributed by atoms with Crippen LogP contribution in [0.1, 0.15) is 29.3 Å². The van der Waals surface area contributed by atoms with E-state index < -0.39 is 17.9 Å². The van der Waals surface area contributed by atoms with E-state index >= 15 is 0 Å². The molecule has 4 aromatic rings. The number of benzene rings is 3. The Morgan fingerprint density at radius 2 is 1.63 bits per heavy atom. The van der Waals surface area contributed by atoms with E-state index in [2.05, 4.69) is 15.3 Å². The molecule has 0 aliphatic heterocycles. The molecule has 1 atom stereocenters. The van der Waals surface area contributed by atoms with Gasteiger partial charge in [-0.3, -0.25) is 4.79 Å². The molecule has 0 saturated heterocycles. The fraction of sp³-hybridized carbons (Fsp3) is 0.133. The molecule has 1 heterocycles. The molecule has 0 bridgehead atoms. The number of nitrogens with one attached hydrogen (secondary N) is 1. The molecule has 0 fully saturated rings. The minimum atomic E-state index is -1.17. The van der Waals surface area contributed by atoms with E-state index in [1.54, 1.807) is 43.8 Å². The van der Waals surface area contributed by atoms with Crippen molar-refractivity contribution < 1.29 is 50.4 Å². The zero-order valence-electron chi connectivity index (χ0n) is 23.5. The van der Waals surface area contributed by atoms with E-state index in [-0.39, 0.29) is 53.0 Å². The molecule has 206 valence electrons. The number of carboxylic acid groups (broad SMARTS) is 1. The number of hydrogen-bond acceptors (Lipinski definition) is 6. The smallest absolute Gasteiger partial charge is 1.00 e. The largest absolute Gasteiger partial charge is 1.00 e. The second-order valence-electron chi connectivity index (χ2n) is 8.67. The predicted molar refractivity (Wildman–Crippen MR) is 157 cm³/mol. The molecule has 1 unspecified atom stereocenters. The van der Waals surface area contributed by atoms with Crippen LogP contribution in [-0.4, -0.2) is 40.1 Å². The zero-order chi connectivity index (χ0) is 28.5. The van der Waals surface area contributed by atoms with E-state index in [1.165, 1.54) is 12.1 Å². The fourth-order valence-corrected chi connectivity index (χ4v) is 4.46. The SMILES string of the molecule is COc1ccc(CN(c2ccc(/C=C/CC(NC(=O)c3c(Cl)cccc3Cl)C(=O)O)cc2)c2ncccn2)cc1.[H-].[Na+]. The van der Waals surface area contributed by atoms with Crippen molar-refractivity contribution in [1.82, 2.24) is 15.3 Å². The number of halogens is 2. The summed E-state index contributed by atoms with van der Waals surface area (Å²) in [6, 6.07) is 20.7. The molecule has 0 radical (unpaired) electrons. The van der Waals surface area contributed by atoms with Gasteiger partial charge in [-0.2, -0.15) is 0 Å². The molecule has 2 N–H and O–H groups in total. The van der Waals surface area contributed by atoms with Crippen LogP contribution in [0.25, 0.3) is 6.08 Å². The van der Waals surface area contributed by atoms with Crippen molar-refractivity contribution in [2.75, 3.05) is 12.0 Å². The van der Waals surface area contributed by atoms with Crippen molar-refractivity contribution in [3.05, 3.63) is 118 Å². The first-order valence-corrected chi connectivity index (χ1v) is 13.0. The first-order valence-electron chi connectivity index (χ1n) is 12.3. The Hall–Kier alpha value is -3.40. The van der Waals surface area contributed by atoms with Crippen LogP contribution in [0, 0.1) is 0 Å². The Bertz CT molecular complexity index is 1470. The number of ether oxygens (including phenoxy) is 1. The van der Waals surface area contributed by atoms with Crippen LogP contribution in [-0.2, 0) is 11.3 Å². The minimum Gasteiger partial charge on any atom is -1.00 e. The van der Waals surface area contributed by atoms with Crippen LogP contribution < -0.4 is 44.5 Å². The Kier molecular flexibility index (Phi) is 12.2. The topological polar surface area (TPSA) is 105 Å². The van der Waals surface area contributed by atoms with Gasteiger partial charge in [0.1, 0.15) is 11.8 Å². The second-order valence-corrected chi connectivity index (χ2v) is 9.49. The summed E-state index contributed by atoms with van der Waals surface area (Å²) in [7, 11) is 1.63. The van der Waals surface area contributed by atoms with Crippen molar-refractivity contribution in [1.29, 1.82) is 0 Å². The van der Waals surface area contributed by atoms with Gasteiger partial charge in [-0.25, -0.2) is 14.8 Å². The number of carboxylic acids is 1. The number of nitrogens with zero attached hydrogens (tertiary/aromatic N) is 3. The van der Waals surface area contributed by atoms with E-state index in [0.29, 0.717) is 12.5 Å². The van der Waals surface area contributed by atoms with Crippen LogP contribution in [0.4, 0.5) is 11.6 Å². The van der Waals surface area contributed by atoms with Crippen molar-refractivity contribution in [3.63, 3.8) is 0 Å². The Balaban J connectivity index is 0.00000308. The van der Waals surface area contributed by atoms with Crippen molar-refractivity contribution >= 4 is 52.8 Å². The van der Waals surface area contributed by atoms with Crippen molar-refractivity contribution in [3.8, 4) is 5.75 Å². The third-order valence-corrected chi connectivity index (χ3v) is 6.60. The molecule has 11 heteroatoms. The number of methoxy groups -OCH3 is 1. The molecular formula is C30H27Cl2N4NaO4. The van der Waals surface area contributed by atoms with Gasteiger partial charge in [0.2, 0.25) is 5.95 Å². The Morgan fingerprint density at radius 1 is 1.00 bits per heavy atom. The molecule has 0 saturated carbocycles. The number of aromatic nitrogens is 2. The average molecular weight is 601 g/mol. The summed E-state index contributed by atoms with van der Waals surface area (Å²) in [6.07, 6.45) is 6.93. The van der Waals surface area contributed by atoms with Gasteiger partial charge in [0, 0.05) is 18.1 Å². The van der Waals surface area contributed by atoms with Gasteiger partial charge in [-0.05, 0) is 60.0 Å². The number of hydrogen-bond donors (Lipinski definition) is 2. The molecule has 4 rings (SSSR count). The van der Waals surface area contributed by atoms with Crippen LogP contribution in [0.15, 0.2) is 91.3 Å². The van der Waals surface area contributed by atoms with Crippen LogP contribution >= 0.6 is 23.2 Å². The molecule has 1 aromatic heterocycles. The molecule has 1 amide bonds. The Morgan fingerprint density at radius 3 is 2.22 bits per heavy atom. The molecule has 0 spiro atoms. The summed E-state index contributed by atoms with van der Waals surface area (Å²) < 4.78 is 5.26. The van der Waals surface area contributed by atoms with E-state index in [9.17, 15) is 14.7 Å². The summed E-state index contributed by atoms with van der Waals surface area (Å²) in [6.45, 7) is 0.540. The van der Waals surface area contributed by atoms with E-state index in [4.69, 9.17) is 27.9 Å². The van der Waals surface area contributed by atoms with Gasteiger partial charge in [0.25, 0.3) is 5.91 Å². The van der Waals surface area contributed by atoms with E-state index in [0.717, 1.165) is 22.6 Å². The maximum absolute atomic E-state index is 12.6. The molecule has 3 aromatic carbocycles. The third-order valence-electron chi connectivity index (χ3n) is 5.97. The molecule has 41 heavy (non-hydrogen) atoms. The second kappa shape index (κ2) is 15.6. The summed E-state index contributed by atoms with van der Waals surface area (Å²) in [5.74, 6) is -0.491.